The van der Waals surface area contributed by atoms with E-state index in [4.69, 9.17) is 14.2 Å². The van der Waals surface area contributed by atoms with Crippen molar-refractivity contribution in [3.8, 4) is 0 Å². The summed E-state index contributed by atoms with van der Waals surface area (Å²) >= 11 is 0. The quantitative estimate of drug-likeness (QED) is 0.503. The standard InChI is InChI=1S/C25H36O5/c1-16(26)28-15-22(27)21-7-6-19-18-5-4-17-14-25(29-12-13-30-25)11-10-23(17,2)20(18)8-9-24(19,21)3/h4,18-21H,5-15H2,1-3H3/t18-,19-,20-,21+,23-,24-/m0/s1. The van der Waals surface area contributed by atoms with Crippen LogP contribution in [0.1, 0.15) is 72.1 Å². The molecule has 4 aliphatic carbocycles. The van der Waals surface area contributed by atoms with E-state index in [9.17, 15) is 9.59 Å². The van der Waals surface area contributed by atoms with Crippen LogP contribution >= 0.6 is 0 Å². The average molecular weight is 417 g/mol. The van der Waals surface area contributed by atoms with Gasteiger partial charge in [-0.2, -0.15) is 0 Å². The molecule has 166 valence electrons. The van der Waals surface area contributed by atoms with Crippen molar-refractivity contribution in [2.75, 3.05) is 19.8 Å². The molecule has 1 aliphatic heterocycles. The van der Waals surface area contributed by atoms with Crippen LogP contribution in [0.5, 0.6) is 0 Å². The van der Waals surface area contributed by atoms with Crippen molar-refractivity contribution in [1.29, 1.82) is 0 Å². The molecular formula is C25H36O5. The number of fused-ring (bicyclic) bond motifs is 5. The van der Waals surface area contributed by atoms with Gasteiger partial charge in [0.15, 0.2) is 11.6 Å². The number of ketones is 1. The molecule has 30 heavy (non-hydrogen) atoms. The molecule has 0 aromatic rings. The first-order valence-electron chi connectivity index (χ1n) is 11.9. The van der Waals surface area contributed by atoms with Crippen molar-refractivity contribution in [2.24, 2.45) is 34.5 Å². The second-order valence-corrected chi connectivity index (χ2v) is 11.0. The Morgan fingerprint density at radius 1 is 1.07 bits per heavy atom. The van der Waals surface area contributed by atoms with Crippen LogP contribution in [0.25, 0.3) is 0 Å². The molecule has 1 heterocycles. The Bertz CT molecular complexity index is 766. The highest BCUT2D eigenvalue weighted by molar-refractivity contribution is 5.85. The largest absolute Gasteiger partial charge is 0.458 e. The predicted octanol–water partition coefficient (Wildman–Crippen LogP) is 4.44. The highest BCUT2D eigenvalue weighted by Crippen LogP contribution is 2.67. The first-order valence-corrected chi connectivity index (χ1v) is 11.9. The van der Waals surface area contributed by atoms with Crippen LogP contribution in [-0.2, 0) is 23.8 Å². The van der Waals surface area contributed by atoms with Gasteiger partial charge in [-0.05, 0) is 67.1 Å². The second-order valence-electron chi connectivity index (χ2n) is 11.0. The van der Waals surface area contributed by atoms with E-state index in [1.807, 2.05) is 0 Å². The van der Waals surface area contributed by atoms with Crippen LogP contribution in [0.2, 0.25) is 0 Å². The maximum atomic E-state index is 12.9. The Morgan fingerprint density at radius 3 is 2.57 bits per heavy atom. The van der Waals surface area contributed by atoms with Gasteiger partial charge in [0.2, 0.25) is 0 Å². The topological polar surface area (TPSA) is 61.8 Å². The molecule has 5 aliphatic rings. The summed E-state index contributed by atoms with van der Waals surface area (Å²) in [6, 6.07) is 0. The highest BCUT2D eigenvalue weighted by atomic mass is 16.7. The zero-order valence-corrected chi connectivity index (χ0v) is 18.7. The Labute approximate surface area is 179 Å². The van der Waals surface area contributed by atoms with Crippen molar-refractivity contribution < 1.29 is 23.8 Å². The van der Waals surface area contributed by atoms with Gasteiger partial charge in [0.05, 0.1) is 13.2 Å². The van der Waals surface area contributed by atoms with Gasteiger partial charge in [-0.1, -0.05) is 25.5 Å². The highest BCUT2D eigenvalue weighted by Gasteiger charge is 2.61. The number of esters is 1. The van der Waals surface area contributed by atoms with Crippen LogP contribution in [0.3, 0.4) is 0 Å². The van der Waals surface area contributed by atoms with Crippen LogP contribution in [0, 0.1) is 34.5 Å². The molecule has 4 fully saturated rings. The summed E-state index contributed by atoms with van der Waals surface area (Å²) in [7, 11) is 0. The number of hydrogen-bond donors (Lipinski definition) is 0. The predicted molar refractivity (Wildman–Crippen MR) is 111 cm³/mol. The summed E-state index contributed by atoms with van der Waals surface area (Å²) in [4.78, 5) is 24.1. The molecule has 0 bridgehead atoms. The lowest BCUT2D eigenvalue weighted by molar-refractivity contribution is -0.185. The van der Waals surface area contributed by atoms with E-state index in [2.05, 4.69) is 19.9 Å². The Kier molecular flexibility index (Phi) is 4.94. The maximum Gasteiger partial charge on any atom is 0.303 e. The minimum Gasteiger partial charge on any atom is -0.458 e. The molecule has 5 rings (SSSR count). The van der Waals surface area contributed by atoms with Crippen molar-refractivity contribution in [1.82, 2.24) is 0 Å². The lowest BCUT2D eigenvalue weighted by Gasteiger charge is -2.58. The normalized spacial score (nSPS) is 44.0. The van der Waals surface area contributed by atoms with E-state index in [0.29, 0.717) is 17.8 Å². The third-order valence-corrected chi connectivity index (χ3v) is 9.73. The van der Waals surface area contributed by atoms with Gasteiger partial charge in [0, 0.05) is 25.7 Å². The van der Waals surface area contributed by atoms with Gasteiger partial charge in [0.25, 0.3) is 0 Å². The third-order valence-electron chi connectivity index (χ3n) is 9.73. The minimum atomic E-state index is -0.366. The van der Waals surface area contributed by atoms with Gasteiger partial charge in [-0.3, -0.25) is 9.59 Å². The number of ether oxygens (including phenoxy) is 3. The van der Waals surface area contributed by atoms with E-state index in [1.54, 1.807) is 5.57 Å². The Hall–Kier alpha value is -1.20. The summed E-state index contributed by atoms with van der Waals surface area (Å²) in [5.41, 5.74) is 1.85. The van der Waals surface area contributed by atoms with E-state index in [0.717, 1.165) is 58.2 Å². The molecule has 1 saturated heterocycles. The zero-order valence-electron chi connectivity index (χ0n) is 18.7. The number of hydrogen-bond acceptors (Lipinski definition) is 5. The van der Waals surface area contributed by atoms with E-state index in [-0.39, 0.29) is 40.9 Å². The fourth-order valence-corrected chi connectivity index (χ4v) is 8.15. The molecule has 0 aromatic heterocycles. The molecular weight excluding hydrogens is 380 g/mol. The summed E-state index contributed by atoms with van der Waals surface area (Å²) in [6.07, 6.45) is 11.1. The molecule has 6 atom stereocenters. The SMILES string of the molecule is CC(=O)OCC(=O)[C@H]1CC[C@H]2[C@@H]3CC=C4CC5(CC[C@]4(C)[C@H]3CC[C@]12C)OCCO5. The van der Waals surface area contributed by atoms with E-state index < -0.39 is 0 Å². The number of Topliss-reactive ketones (excluding diaryl/α,β-unsaturated/α-hetero) is 1. The first-order chi connectivity index (χ1) is 14.3. The van der Waals surface area contributed by atoms with E-state index >= 15 is 0 Å². The average Bonchev–Trinajstić information content (AvgIpc) is 3.31. The molecule has 0 N–H and O–H groups in total. The number of carbonyl (C=O) groups excluding carboxylic acids is 2. The second kappa shape index (κ2) is 7.16. The van der Waals surface area contributed by atoms with Crippen LogP contribution in [0.4, 0.5) is 0 Å². The zero-order chi connectivity index (χ0) is 21.1. The number of rotatable bonds is 3. The molecule has 5 heteroatoms. The fraction of sp³-hybridized carbons (Fsp3) is 0.840. The smallest absolute Gasteiger partial charge is 0.303 e. The first kappa shape index (κ1) is 20.7. The van der Waals surface area contributed by atoms with Crippen LogP contribution in [0.15, 0.2) is 11.6 Å². The Balaban J connectivity index is 1.36. The monoisotopic (exact) mass is 416 g/mol. The van der Waals surface area contributed by atoms with Gasteiger partial charge < -0.3 is 14.2 Å². The molecule has 0 aromatic carbocycles. The summed E-state index contributed by atoms with van der Waals surface area (Å²) in [6.45, 7) is 7.59. The van der Waals surface area contributed by atoms with Gasteiger partial charge in [0.1, 0.15) is 6.61 Å². The Morgan fingerprint density at radius 2 is 1.83 bits per heavy atom. The summed E-state index contributed by atoms with van der Waals surface area (Å²) in [5.74, 6) is 1.38. The van der Waals surface area contributed by atoms with Crippen molar-refractivity contribution >= 4 is 11.8 Å². The molecule has 1 spiro atoms. The number of allylic oxidation sites excluding steroid dienone is 1. The van der Waals surface area contributed by atoms with Gasteiger partial charge in [-0.25, -0.2) is 0 Å². The lowest BCUT2D eigenvalue weighted by Crippen LogP contribution is -2.52. The molecule has 3 saturated carbocycles. The fourth-order valence-electron chi connectivity index (χ4n) is 8.15. The summed E-state index contributed by atoms with van der Waals surface area (Å²) in [5, 5.41) is 0. The third kappa shape index (κ3) is 3.02. The van der Waals surface area contributed by atoms with E-state index in [1.165, 1.54) is 13.3 Å². The molecule has 0 unspecified atom stereocenters. The van der Waals surface area contributed by atoms with Gasteiger partial charge >= 0.3 is 5.97 Å². The molecule has 0 amide bonds. The van der Waals surface area contributed by atoms with Gasteiger partial charge in [-0.15, -0.1) is 0 Å². The van der Waals surface area contributed by atoms with Crippen molar-refractivity contribution in [3.05, 3.63) is 11.6 Å². The van der Waals surface area contributed by atoms with Crippen molar-refractivity contribution in [2.45, 2.75) is 77.9 Å². The molecule has 0 radical (unpaired) electrons. The lowest BCUT2D eigenvalue weighted by atomic mass is 9.47. The minimum absolute atomic E-state index is 0.0379. The molecule has 5 nitrogen and oxygen atoms in total. The number of carbonyl (C=O) groups is 2. The van der Waals surface area contributed by atoms with Crippen LogP contribution in [-0.4, -0.2) is 37.4 Å². The maximum absolute atomic E-state index is 12.9. The summed E-state index contributed by atoms with van der Waals surface area (Å²) < 4.78 is 17.1. The van der Waals surface area contributed by atoms with Crippen LogP contribution < -0.4 is 0 Å². The van der Waals surface area contributed by atoms with Crippen molar-refractivity contribution in [3.63, 3.8) is 0 Å².